The standard InChI is InChI=1S/C16H17N3O3/c1-11-10-13(17-19(11)12-6-3-2-4-7-12)15(20)18-9-5-8-14(18)16(21)22/h2-4,6-7,10,14H,5,8-9H2,1H3,(H,21,22). The quantitative estimate of drug-likeness (QED) is 0.938. The van der Waals surface area contributed by atoms with Crippen LogP contribution in [0.4, 0.5) is 0 Å². The SMILES string of the molecule is Cc1cc(C(=O)N2CCCC2C(=O)O)nn1-c1ccccc1. The van der Waals surface area contributed by atoms with Gasteiger partial charge in [0.1, 0.15) is 6.04 Å². The number of benzene rings is 1. The lowest BCUT2D eigenvalue weighted by atomic mass is 10.2. The van der Waals surface area contributed by atoms with E-state index in [9.17, 15) is 14.7 Å². The smallest absolute Gasteiger partial charge is 0.326 e. The van der Waals surface area contributed by atoms with E-state index in [1.807, 2.05) is 37.3 Å². The number of carboxylic acids is 1. The second-order valence-corrected chi connectivity index (χ2v) is 5.41. The van der Waals surface area contributed by atoms with Crippen molar-refractivity contribution in [3.8, 4) is 5.69 Å². The van der Waals surface area contributed by atoms with Crippen LogP contribution in [0.25, 0.3) is 5.69 Å². The van der Waals surface area contributed by atoms with E-state index in [-0.39, 0.29) is 11.6 Å². The molecular formula is C16H17N3O3. The zero-order valence-electron chi connectivity index (χ0n) is 12.3. The molecular weight excluding hydrogens is 282 g/mol. The molecule has 1 aromatic carbocycles. The minimum absolute atomic E-state index is 0.287. The average molecular weight is 299 g/mol. The van der Waals surface area contributed by atoms with Crippen molar-refractivity contribution in [2.24, 2.45) is 0 Å². The van der Waals surface area contributed by atoms with Gasteiger partial charge in [0, 0.05) is 12.2 Å². The van der Waals surface area contributed by atoms with Crippen LogP contribution in [-0.2, 0) is 4.79 Å². The van der Waals surface area contributed by atoms with Gasteiger partial charge in [-0.15, -0.1) is 0 Å². The van der Waals surface area contributed by atoms with Crippen LogP contribution >= 0.6 is 0 Å². The van der Waals surface area contributed by atoms with Crippen LogP contribution < -0.4 is 0 Å². The van der Waals surface area contributed by atoms with Gasteiger partial charge in [0.2, 0.25) is 0 Å². The first-order valence-electron chi connectivity index (χ1n) is 7.24. The van der Waals surface area contributed by atoms with E-state index in [2.05, 4.69) is 5.10 Å². The summed E-state index contributed by atoms with van der Waals surface area (Å²) in [6, 6.07) is 10.5. The maximum Gasteiger partial charge on any atom is 0.326 e. The van der Waals surface area contributed by atoms with Gasteiger partial charge in [-0.05, 0) is 38.0 Å². The normalized spacial score (nSPS) is 17.7. The van der Waals surface area contributed by atoms with Crippen molar-refractivity contribution in [3.05, 3.63) is 47.8 Å². The van der Waals surface area contributed by atoms with Gasteiger partial charge in [0.25, 0.3) is 5.91 Å². The molecule has 114 valence electrons. The highest BCUT2D eigenvalue weighted by atomic mass is 16.4. The molecule has 1 aliphatic rings. The Morgan fingerprint density at radius 3 is 2.68 bits per heavy atom. The van der Waals surface area contributed by atoms with Gasteiger partial charge in [0.15, 0.2) is 5.69 Å². The molecule has 22 heavy (non-hydrogen) atoms. The van der Waals surface area contributed by atoms with Gasteiger partial charge >= 0.3 is 5.97 Å². The summed E-state index contributed by atoms with van der Waals surface area (Å²) in [5.74, 6) is -1.27. The summed E-state index contributed by atoms with van der Waals surface area (Å²) in [5, 5.41) is 13.5. The van der Waals surface area contributed by atoms with Crippen molar-refractivity contribution in [3.63, 3.8) is 0 Å². The Hall–Kier alpha value is -2.63. The van der Waals surface area contributed by atoms with Crippen molar-refractivity contribution in [2.45, 2.75) is 25.8 Å². The van der Waals surface area contributed by atoms with E-state index in [1.165, 1.54) is 4.90 Å². The molecule has 1 N–H and O–H groups in total. The minimum Gasteiger partial charge on any atom is -0.480 e. The zero-order valence-corrected chi connectivity index (χ0v) is 12.3. The maximum atomic E-state index is 12.5. The number of carbonyl (C=O) groups is 2. The van der Waals surface area contributed by atoms with Crippen molar-refractivity contribution in [1.29, 1.82) is 0 Å². The first kappa shape index (κ1) is 14.3. The number of aryl methyl sites for hydroxylation is 1. The second-order valence-electron chi connectivity index (χ2n) is 5.41. The van der Waals surface area contributed by atoms with E-state index < -0.39 is 12.0 Å². The van der Waals surface area contributed by atoms with Crippen molar-refractivity contribution in [2.75, 3.05) is 6.54 Å². The fourth-order valence-corrected chi connectivity index (χ4v) is 2.82. The van der Waals surface area contributed by atoms with E-state index in [0.29, 0.717) is 19.4 Å². The van der Waals surface area contributed by atoms with Crippen LogP contribution in [0.2, 0.25) is 0 Å². The highest BCUT2D eigenvalue weighted by molar-refractivity contribution is 5.95. The first-order valence-corrected chi connectivity index (χ1v) is 7.24. The number of hydrogen-bond acceptors (Lipinski definition) is 3. The van der Waals surface area contributed by atoms with Crippen LogP contribution in [0, 0.1) is 6.92 Å². The highest BCUT2D eigenvalue weighted by Crippen LogP contribution is 2.21. The van der Waals surface area contributed by atoms with Crippen LogP contribution in [0.1, 0.15) is 29.0 Å². The molecule has 1 unspecified atom stereocenters. The summed E-state index contributed by atoms with van der Waals surface area (Å²) in [7, 11) is 0. The Morgan fingerprint density at radius 1 is 1.27 bits per heavy atom. The fourth-order valence-electron chi connectivity index (χ4n) is 2.82. The molecule has 0 radical (unpaired) electrons. The Labute approximate surface area is 128 Å². The third kappa shape index (κ3) is 2.47. The Balaban J connectivity index is 1.90. The number of hydrogen-bond donors (Lipinski definition) is 1. The number of nitrogens with zero attached hydrogens (tertiary/aromatic N) is 3. The van der Waals surface area contributed by atoms with Crippen LogP contribution in [0.3, 0.4) is 0 Å². The summed E-state index contributed by atoms with van der Waals surface area (Å²) < 4.78 is 1.69. The Kier molecular flexibility index (Phi) is 3.66. The zero-order chi connectivity index (χ0) is 15.7. The van der Waals surface area contributed by atoms with E-state index in [4.69, 9.17) is 0 Å². The number of amides is 1. The van der Waals surface area contributed by atoms with Gasteiger partial charge in [-0.2, -0.15) is 5.10 Å². The summed E-state index contributed by atoms with van der Waals surface area (Å²) >= 11 is 0. The lowest BCUT2D eigenvalue weighted by Gasteiger charge is -2.20. The molecule has 0 aliphatic carbocycles. The lowest BCUT2D eigenvalue weighted by molar-refractivity contribution is -0.141. The number of likely N-dealkylation sites (tertiary alicyclic amines) is 1. The molecule has 1 aliphatic heterocycles. The Morgan fingerprint density at radius 2 is 2.00 bits per heavy atom. The molecule has 1 aromatic heterocycles. The summed E-state index contributed by atoms with van der Waals surface area (Å²) in [6.45, 7) is 2.34. The highest BCUT2D eigenvalue weighted by Gasteiger charge is 2.35. The van der Waals surface area contributed by atoms with E-state index in [1.54, 1.807) is 10.7 Å². The molecule has 6 heteroatoms. The van der Waals surface area contributed by atoms with E-state index >= 15 is 0 Å². The minimum atomic E-state index is -0.954. The maximum absolute atomic E-state index is 12.5. The largest absolute Gasteiger partial charge is 0.480 e. The molecule has 6 nitrogen and oxygen atoms in total. The van der Waals surface area contributed by atoms with Gasteiger partial charge in [-0.25, -0.2) is 9.48 Å². The van der Waals surface area contributed by atoms with Crippen molar-refractivity contribution in [1.82, 2.24) is 14.7 Å². The third-order valence-electron chi connectivity index (χ3n) is 3.91. The first-order chi connectivity index (χ1) is 10.6. The number of rotatable bonds is 3. The summed E-state index contributed by atoms with van der Waals surface area (Å²) in [4.78, 5) is 25.2. The van der Waals surface area contributed by atoms with Crippen molar-refractivity contribution < 1.29 is 14.7 Å². The molecule has 3 rings (SSSR count). The second kappa shape index (κ2) is 5.63. The van der Waals surface area contributed by atoms with Gasteiger partial charge in [-0.3, -0.25) is 4.79 Å². The molecule has 1 saturated heterocycles. The van der Waals surface area contributed by atoms with Gasteiger partial charge in [0.05, 0.1) is 5.69 Å². The molecule has 1 fully saturated rings. The molecule has 2 heterocycles. The predicted molar refractivity (Wildman–Crippen MR) is 80.0 cm³/mol. The lowest BCUT2D eigenvalue weighted by Crippen LogP contribution is -2.40. The van der Waals surface area contributed by atoms with Gasteiger partial charge in [-0.1, -0.05) is 18.2 Å². The molecule has 1 atom stereocenters. The summed E-state index contributed by atoms with van der Waals surface area (Å²) in [6.07, 6.45) is 1.21. The molecule has 0 saturated carbocycles. The van der Waals surface area contributed by atoms with Crippen molar-refractivity contribution >= 4 is 11.9 Å². The van der Waals surface area contributed by atoms with Crippen LogP contribution in [0.15, 0.2) is 36.4 Å². The molecule has 0 spiro atoms. The molecule has 0 bridgehead atoms. The number of carboxylic acid groups (broad SMARTS) is 1. The third-order valence-corrected chi connectivity index (χ3v) is 3.91. The van der Waals surface area contributed by atoms with E-state index in [0.717, 1.165) is 11.4 Å². The molecule has 1 amide bonds. The number of para-hydroxylation sites is 1. The Bertz CT molecular complexity index is 709. The molecule has 2 aromatic rings. The monoisotopic (exact) mass is 299 g/mol. The average Bonchev–Trinajstić information content (AvgIpc) is 3.14. The van der Waals surface area contributed by atoms with Gasteiger partial charge < -0.3 is 10.0 Å². The predicted octanol–water partition coefficient (Wildman–Crippen LogP) is 1.87. The number of aliphatic carboxylic acids is 1. The number of carbonyl (C=O) groups excluding carboxylic acids is 1. The van der Waals surface area contributed by atoms with Crippen LogP contribution in [-0.4, -0.2) is 44.3 Å². The summed E-state index contributed by atoms with van der Waals surface area (Å²) in [5.41, 5.74) is 1.99. The fraction of sp³-hybridized carbons (Fsp3) is 0.312. The van der Waals surface area contributed by atoms with Crippen LogP contribution in [0.5, 0.6) is 0 Å². The number of aromatic nitrogens is 2. The topological polar surface area (TPSA) is 75.4 Å².